The number of nitrogens with zero attached hydrogens (tertiary/aromatic N) is 1. The third kappa shape index (κ3) is 1.54. The first-order valence-electron chi connectivity index (χ1n) is 10.9. The molecule has 1 saturated carbocycles. The second kappa shape index (κ2) is 4.88. The number of carbonyl (C=O) groups is 1. The van der Waals surface area contributed by atoms with Crippen LogP contribution in [0.1, 0.15) is 58.8 Å². The van der Waals surface area contributed by atoms with Gasteiger partial charge >= 0.3 is 5.97 Å². The minimum absolute atomic E-state index is 0.0707. The topological polar surface area (TPSA) is 49.8 Å². The van der Waals surface area contributed by atoms with Crippen LogP contribution in [0.2, 0.25) is 0 Å². The lowest BCUT2D eigenvalue weighted by atomic mass is 9.42. The van der Waals surface area contributed by atoms with Gasteiger partial charge in [0.05, 0.1) is 7.11 Å². The summed E-state index contributed by atoms with van der Waals surface area (Å²) in [5.74, 6) is 1.28. The van der Waals surface area contributed by atoms with Crippen LogP contribution < -0.4 is 0 Å². The van der Waals surface area contributed by atoms with Gasteiger partial charge in [-0.1, -0.05) is 19.4 Å². The maximum atomic E-state index is 12.8. The SMILES string of the molecule is COC(=O)C1=C2CCC3=C2C2(C1)C1(C)CCC4C(C)CN(CC1CC3)C42O. The molecule has 6 aliphatic rings. The van der Waals surface area contributed by atoms with E-state index < -0.39 is 5.72 Å². The lowest BCUT2D eigenvalue weighted by Gasteiger charge is -2.69. The van der Waals surface area contributed by atoms with E-state index in [0.29, 0.717) is 24.2 Å². The molecule has 4 aliphatic carbocycles. The highest BCUT2D eigenvalue weighted by molar-refractivity contribution is 5.93. The van der Waals surface area contributed by atoms with Crippen molar-refractivity contribution in [2.45, 2.75) is 64.5 Å². The number of aliphatic hydroxyl groups is 1. The second-order valence-corrected chi connectivity index (χ2v) is 10.4. The minimum atomic E-state index is -0.799. The van der Waals surface area contributed by atoms with E-state index in [4.69, 9.17) is 4.74 Å². The molecule has 0 aromatic heterocycles. The van der Waals surface area contributed by atoms with Crippen molar-refractivity contribution < 1.29 is 14.6 Å². The third-order valence-electron chi connectivity index (χ3n) is 9.91. The van der Waals surface area contributed by atoms with Crippen LogP contribution in [-0.2, 0) is 9.53 Å². The number of piperidine rings is 1. The van der Waals surface area contributed by atoms with Gasteiger partial charge in [-0.15, -0.1) is 0 Å². The van der Waals surface area contributed by atoms with Gasteiger partial charge in [0.1, 0.15) is 5.72 Å². The summed E-state index contributed by atoms with van der Waals surface area (Å²) in [4.78, 5) is 15.2. The Morgan fingerprint density at radius 3 is 2.81 bits per heavy atom. The Hall–Kier alpha value is -1.13. The van der Waals surface area contributed by atoms with E-state index in [1.165, 1.54) is 31.1 Å². The Morgan fingerprint density at radius 1 is 1.22 bits per heavy atom. The lowest BCUT2D eigenvalue weighted by molar-refractivity contribution is -0.292. The molecule has 1 spiro atoms. The Labute approximate surface area is 161 Å². The highest BCUT2D eigenvalue weighted by Gasteiger charge is 2.78. The van der Waals surface area contributed by atoms with E-state index >= 15 is 0 Å². The van der Waals surface area contributed by atoms with Crippen LogP contribution in [-0.4, -0.2) is 41.9 Å². The minimum Gasteiger partial charge on any atom is -0.466 e. The molecule has 4 bridgehead atoms. The summed E-state index contributed by atoms with van der Waals surface area (Å²) in [6, 6.07) is 0. The molecule has 6 unspecified atom stereocenters. The predicted octanol–water partition coefficient (Wildman–Crippen LogP) is 3.42. The van der Waals surface area contributed by atoms with Gasteiger partial charge in [-0.05, 0) is 73.3 Å². The molecule has 2 saturated heterocycles. The summed E-state index contributed by atoms with van der Waals surface area (Å²) >= 11 is 0. The largest absolute Gasteiger partial charge is 0.466 e. The van der Waals surface area contributed by atoms with E-state index in [-0.39, 0.29) is 16.8 Å². The molecule has 0 amide bonds. The van der Waals surface area contributed by atoms with Crippen LogP contribution >= 0.6 is 0 Å². The van der Waals surface area contributed by atoms with Crippen molar-refractivity contribution in [3.05, 3.63) is 22.3 Å². The van der Waals surface area contributed by atoms with Crippen LogP contribution in [0.25, 0.3) is 0 Å². The van der Waals surface area contributed by atoms with Gasteiger partial charge in [-0.25, -0.2) is 4.79 Å². The standard InChI is InChI=1S/C23H31NO3/c1-13-11-24-12-15-6-4-14-5-7-16-17(20(25)27-3)10-22(19(14)16)21(15,2)9-8-18(13)23(22,24)26/h13,15,18,26H,4-12H2,1-3H3. The van der Waals surface area contributed by atoms with Gasteiger partial charge in [0.25, 0.3) is 0 Å². The molecule has 6 atom stereocenters. The summed E-state index contributed by atoms with van der Waals surface area (Å²) < 4.78 is 5.22. The summed E-state index contributed by atoms with van der Waals surface area (Å²) in [6.07, 6.45) is 7.43. The third-order valence-corrected chi connectivity index (χ3v) is 9.91. The quantitative estimate of drug-likeness (QED) is 0.720. The first-order chi connectivity index (χ1) is 12.9. The summed E-state index contributed by atoms with van der Waals surface area (Å²) in [5, 5.41) is 12.6. The van der Waals surface area contributed by atoms with Gasteiger partial charge in [-0.3, -0.25) is 4.90 Å². The smallest absolute Gasteiger partial charge is 0.334 e. The van der Waals surface area contributed by atoms with Gasteiger partial charge < -0.3 is 9.84 Å². The Kier molecular flexibility index (Phi) is 3.04. The van der Waals surface area contributed by atoms with Crippen molar-refractivity contribution in [2.75, 3.05) is 20.2 Å². The van der Waals surface area contributed by atoms with Crippen LogP contribution in [0, 0.1) is 28.6 Å². The lowest BCUT2D eigenvalue weighted by Crippen LogP contribution is -2.74. The van der Waals surface area contributed by atoms with Gasteiger partial charge in [0.15, 0.2) is 0 Å². The van der Waals surface area contributed by atoms with Gasteiger partial charge in [0, 0.05) is 30.0 Å². The number of esters is 1. The summed E-state index contributed by atoms with van der Waals surface area (Å²) in [5.41, 5.74) is 4.06. The van der Waals surface area contributed by atoms with E-state index in [0.717, 1.165) is 44.3 Å². The molecule has 2 aliphatic heterocycles. The fourth-order valence-electron chi connectivity index (χ4n) is 8.83. The number of ether oxygens (including phenoxy) is 1. The van der Waals surface area contributed by atoms with Crippen LogP contribution in [0.4, 0.5) is 0 Å². The zero-order valence-corrected chi connectivity index (χ0v) is 16.8. The van der Waals surface area contributed by atoms with Crippen molar-refractivity contribution in [1.82, 2.24) is 4.90 Å². The monoisotopic (exact) mass is 369 g/mol. The molecule has 6 rings (SSSR count). The molecular formula is C23H31NO3. The van der Waals surface area contributed by atoms with Gasteiger partial charge in [0.2, 0.25) is 0 Å². The molecule has 0 radical (unpaired) electrons. The average molecular weight is 370 g/mol. The maximum absolute atomic E-state index is 12.8. The summed E-state index contributed by atoms with van der Waals surface area (Å²) in [7, 11) is 1.50. The normalized spacial score (nSPS) is 50.1. The van der Waals surface area contributed by atoms with Crippen molar-refractivity contribution in [3.8, 4) is 0 Å². The number of carbonyl (C=O) groups excluding carboxylic acids is 1. The highest BCUT2D eigenvalue weighted by Crippen LogP contribution is 2.78. The average Bonchev–Trinajstić information content (AvgIpc) is 3.26. The maximum Gasteiger partial charge on any atom is 0.334 e. The Morgan fingerprint density at radius 2 is 2.04 bits per heavy atom. The van der Waals surface area contributed by atoms with Crippen molar-refractivity contribution in [1.29, 1.82) is 0 Å². The molecule has 4 nitrogen and oxygen atoms in total. The first-order valence-corrected chi connectivity index (χ1v) is 10.9. The molecule has 0 aromatic rings. The number of rotatable bonds is 1. The predicted molar refractivity (Wildman–Crippen MR) is 102 cm³/mol. The van der Waals surface area contributed by atoms with E-state index in [9.17, 15) is 9.90 Å². The van der Waals surface area contributed by atoms with Crippen LogP contribution in [0.5, 0.6) is 0 Å². The number of hydrogen-bond acceptors (Lipinski definition) is 4. The van der Waals surface area contributed by atoms with E-state index in [1.807, 2.05) is 0 Å². The molecule has 4 heteroatoms. The first kappa shape index (κ1) is 16.8. The molecule has 27 heavy (non-hydrogen) atoms. The molecule has 2 heterocycles. The Balaban J connectivity index is 1.67. The highest BCUT2D eigenvalue weighted by atomic mass is 16.5. The van der Waals surface area contributed by atoms with Crippen molar-refractivity contribution in [3.63, 3.8) is 0 Å². The Bertz CT molecular complexity index is 827. The summed E-state index contributed by atoms with van der Waals surface area (Å²) in [6.45, 7) is 6.81. The molecule has 0 aromatic carbocycles. The van der Waals surface area contributed by atoms with Crippen molar-refractivity contribution in [2.24, 2.45) is 28.6 Å². The second-order valence-electron chi connectivity index (χ2n) is 10.4. The van der Waals surface area contributed by atoms with E-state index in [2.05, 4.69) is 18.7 Å². The fraction of sp³-hybridized carbons (Fsp3) is 0.783. The zero-order chi connectivity index (χ0) is 18.8. The molecular weight excluding hydrogens is 338 g/mol. The fourth-order valence-corrected chi connectivity index (χ4v) is 8.83. The van der Waals surface area contributed by atoms with E-state index in [1.54, 1.807) is 5.57 Å². The molecule has 146 valence electrons. The van der Waals surface area contributed by atoms with Crippen LogP contribution in [0.3, 0.4) is 0 Å². The number of hydrogen-bond donors (Lipinski definition) is 1. The molecule has 1 N–H and O–H groups in total. The van der Waals surface area contributed by atoms with Gasteiger partial charge in [-0.2, -0.15) is 0 Å². The number of allylic oxidation sites excluding steroid dienone is 2. The van der Waals surface area contributed by atoms with Crippen molar-refractivity contribution >= 4 is 5.97 Å². The molecule has 3 fully saturated rings. The number of methoxy groups -OCH3 is 1. The zero-order valence-electron chi connectivity index (χ0n) is 16.8. The van der Waals surface area contributed by atoms with Crippen LogP contribution in [0.15, 0.2) is 22.3 Å².